The van der Waals surface area contributed by atoms with Crippen LogP contribution in [0.1, 0.15) is 17.4 Å². The molecule has 1 amide bonds. The third-order valence-corrected chi connectivity index (χ3v) is 5.85. The molecule has 136 valence electrons. The van der Waals surface area contributed by atoms with Crippen molar-refractivity contribution in [3.8, 4) is 11.4 Å². The molecule has 3 aromatic rings. The monoisotopic (exact) mass is 386 g/mol. The molecule has 0 N–H and O–H groups in total. The van der Waals surface area contributed by atoms with E-state index in [2.05, 4.69) is 40.7 Å². The first-order valence-electron chi connectivity index (χ1n) is 8.48. The highest BCUT2D eigenvalue weighted by atomic mass is 32.2. The van der Waals surface area contributed by atoms with E-state index in [9.17, 15) is 4.79 Å². The van der Waals surface area contributed by atoms with Crippen molar-refractivity contribution in [1.29, 1.82) is 0 Å². The number of aromatic nitrogens is 3. The third kappa shape index (κ3) is 4.34. The van der Waals surface area contributed by atoms with Crippen molar-refractivity contribution in [2.45, 2.75) is 32.1 Å². The van der Waals surface area contributed by atoms with Crippen LogP contribution < -0.4 is 0 Å². The number of thiophene rings is 1. The average molecular weight is 387 g/mol. The second kappa shape index (κ2) is 8.51. The summed E-state index contributed by atoms with van der Waals surface area (Å²) >= 11 is 3.11. The second-order valence-corrected chi connectivity index (χ2v) is 8.01. The minimum atomic E-state index is 0.0890. The number of hydrogen-bond acceptors (Lipinski definition) is 5. The van der Waals surface area contributed by atoms with Gasteiger partial charge in [-0.05, 0) is 31.4 Å². The van der Waals surface area contributed by atoms with E-state index < -0.39 is 0 Å². The molecule has 2 heterocycles. The number of carbonyl (C=O) groups excluding carboxylic acids is 1. The first-order valence-corrected chi connectivity index (χ1v) is 10.3. The Morgan fingerprint density at radius 3 is 2.81 bits per heavy atom. The van der Waals surface area contributed by atoms with Gasteiger partial charge in [-0.1, -0.05) is 41.6 Å². The van der Waals surface area contributed by atoms with Gasteiger partial charge in [0.05, 0.1) is 12.3 Å². The van der Waals surface area contributed by atoms with Crippen LogP contribution in [0.15, 0.2) is 46.9 Å². The predicted octanol–water partition coefficient (Wildman–Crippen LogP) is 4.09. The topological polar surface area (TPSA) is 51.0 Å². The van der Waals surface area contributed by atoms with Crippen LogP contribution in [0.3, 0.4) is 0 Å². The number of carbonyl (C=O) groups is 1. The van der Waals surface area contributed by atoms with Crippen molar-refractivity contribution >= 4 is 29.0 Å². The lowest BCUT2D eigenvalue weighted by Crippen LogP contribution is -2.27. The lowest BCUT2D eigenvalue weighted by Gasteiger charge is -2.16. The molecular weight excluding hydrogens is 364 g/mol. The van der Waals surface area contributed by atoms with Crippen molar-refractivity contribution in [3.05, 3.63) is 52.2 Å². The van der Waals surface area contributed by atoms with Crippen LogP contribution in [-0.2, 0) is 17.9 Å². The van der Waals surface area contributed by atoms with Gasteiger partial charge in [0.15, 0.2) is 11.0 Å². The van der Waals surface area contributed by atoms with Crippen LogP contribution >= 0.6 is 23.1 Å². The molecule has 26 heavy (non-hydrogen) atoms. The summed E-state index contributed by atoms with van der Waals surface area (Å²) in [7, 11) is 1.84. The van der Waals surface area contributed by atoms with Gasteiger partial charge in [-0.15, -0.1) is 21.5 Å². The lowest BCUT2D eigenvalue weighted by atomic mass is 10.1. The quantitative estimate of drug-likeness (QED) is 0.574. The fraction of sp³-hybridized carbons (Fsp3) is 0.316. The summed E-state index contributed by atoms with van der Waals surface area (Å²) in [5.74, 6) is 1.29. The number of aryl methyl sites for hydroxylation is 1. The Bertz CT molecular complexity index is 874. The Balaban J connectivity index is 1.67. The highest BCUT2D eigenvalue weighted by Crippen LogP contribution is 2.25. The molecule has 0 radical (unpaired) electrons. The number of amides is 1. The summed E-state index contributed by atoms with van der Waals surface area (Å²) in [5, 5.41) is 11.5. The smallest absolute Gasteiger partial charge is 0.233 e. The van der Waals surface area contributed by atoms with Crippen molar-refractivity contribution in [2.24, 2.45) is 0 Å². The zero-order chi connectivity index (χ0) is 18.5. The second-order valence-electron chi connectivity index (χ2n) is 6.04. The molecule has 0 aliphatic carbocycles. The van der Waals surface area contributed by atoms with Crippen LogP contribution in [0, 0.1) is 6.92 Å². The number of rotatable bonds is 7. The van der Waals surface area contributed by atoms with Crippen LogP contribution in [0.2, 0.25) is 0 Å². The molecule has 0 spiro atoms. The molecule has 0 bridgehead atoms. The van der Waals surface area contributed by atoms with Gasteiger partial charge in [0.1, 0.15) is 0 Å². The number of hydrogen-bond donors (Lipinski definition) is 0. The SMILES string of the molecule is CCn1c(SCC(=O)N(C)Cc2cccs2)nnc1-c1cccc(C)c1. The fourth-order valence-electron chi connectivity index (χ4n) is 2.64. The zero-order valence-corrected chi connectivity index (χ0v) is 16.8. The Hall–Kier alpha value is -2.12. The Kier molecular flexibility index (Phi) is 6.11. The van der Waals surface area contributed by atoms with Gasteiger partial charge in [0.25, 0.3) is 0 Å². The maximum absolute atomic E-state index is 12.4. The molecule has 7 heteroatoms. The molecular formula is C19H22N4OS2. The highest BCUT2D eigenvalue weighted by Gasteiger charge is 2.16. The van der Waals surface area contributed by atoms with E-state index in [1.165, 1.54) is 22.2 Å². The molecule has 0 fully saturated rings. The molecule has 0 saturated heterocycles. The first-order chi connectivity index (χ1) is 12.6. The minimum Gasteiger partial charge on any atom is -0.340 e. The van der Waals surface area contributed by atoms with Crippen LogP contribution in [0.5, 0.6) is 0 Å². The molecule has 0 atom stereocenters. The van der Waals surface area contributed by atoms with Gasteiger partial charge < -0.3 is 9.47 Å². The van der Waals surface area contributed by atoms with Gasteiger partial charge in [0.2, 0.25) is 5.91 Å². The predicted molar refractivity (Wildman–Crippen MR) is 107 cm³/mol. The van der Waals surface area contributed by atoms with E-state index in [4.69, 9.17) is 0 Å². The summed E-state index contributed by atoms with van der Waals surface area (Å²) < 4.78 is 2.06. The molecule has 0 aliphatic heterocycles. The summed E-state index contributed by atoms with van der Waals surface area (Å²) in [4.78, 5) is 15.4. The highest BCUT2D eigenvalue weighted by molar-refractivity contribution is 7.99. The van der Waals surface area contributed by atoms with Gasteiger partial charge in [-0.3, -0.25) is 4.79 Å². The van der Waals surface area contributed by atoms with Gasteiger partial charge in [0, 0.05) is 24.0 Å². The van der Waals surface area contributed by atoms with Gasteiger partial charge in [-0.25, -0.2) is 0 Å². The Morgan fingerprint density at radius 1 is 1.27 bits per heavy atom. The van der Waals surface area contributed by atoms with Crippen LogP contribution in [-0.4, -0.2) is 38.4 Å². The van der Waals surface area contributed by atoms with Crippen LogP contribution in [0.4, 0.5) is 0 Å². The van der Waals surface area contributed by atoms with Crippen molar-refractivity contribution in [3.63, 3.8) is 0 Å². The van der Waals surface area contributed by atoms with Crippen molar-refractivity contribution in [1.82, 2.24) is 19.7 Å². The van der Waals surface area contributed by atoms with E-state index in [1.54, 1.807) is 16.2 Å². The summed E-state index contributed by atoms with van der Waals surface area (Å²) in [6.45, 7) is 5.54. The molecule has 2 aromatic heterocycles. The van der Waals surface area contributed by atoms with Crippen molar-refractivity contribution in [2.75, 3.05) is 12.8 Å². The molecule has 0 aliphatic rings. The molecule has 1 aromatic carbocycles. The lowest BCUT2D eigenvalue weighted by molar-refractivity contribution is -0.127. The molecule has 5 nitrogen and oxygen atoms in total. The summed E-state index contributed by atoms with van der Waals surface area (Å²) in [6.07, 6.45) is 0. The minimum absolute atomic E-state index is 0.0890. The van der Waals surface area contributed by atoms with E-state index in [-0.39, 0.29) is 5.91 Å². The van der Waals surface area contributed by atoms with E-state index in [1.807, 2.05) is 36.7 Å². The maximum Gasteiger partial charge on any atom is 0.233 e. The van der Waals surface area contributed by atoms with E-state index in [0.717, 1.165) is 23.1 Å². The summed E-state index contributed by atoms with van der Waals surface area (Å²) in [6, 6.07) is 12.3. The zero-order valence-electron chi connectivity index (χ0n) is 15.2. The molecule has 0 unspecified atom stereocenters. The number of benzene rings is 1. The average Bonchev–Trinajstić information content (AvgIpc) is 3.28. The summed E-state index contributed by atoms with van der Waals surface area (Å²) in [5.41, 5.74) is 2.24. The third-order valence-electron chi connectivity index (χ3n) is 4.03. The van der Waals surface area contributed by atoms with Gasteiger partial charge >= 0.3 is 0 Å². The standard InChI is InChI=1S/C19H22N4OS2/c1-4-23-18(15-8-5-7-14(2)11-15)20-21-19(23)26-13-17(24)22(3)12-16-9-6-10-25-16/h5-11H,4,12-13H2,1-3H3. The normalized spacial score (nSPS) is 10.9. The first kappa shape index (κ1) is 18.7. The Morgan fingerprint density at radius 2 is 2.12 bits per heavy atom. The van der Waals surface area contributed by atoms with Crippen LogP contribution in [0.25, 0.3) is 11.4 Å². The molecule has 0 saturated carbocycles. The number of nitrogens with zero attached hydrogens (tertiary/aromatic N) is 4. The largest absolute Gasteiger partial charge is 0.340 e. The fourth-order valence-corrected chi connectivity index (χ4v) is 4.34. The van der Waals surface area contributed by atoms with E-state index in [0.29, 0.717) is 12.3 Å². The van der Waals surface area contributed by atoms with Gasteiger partial charge in [-0.2, -0.15) is 0 Å². The van der Waals surface area contributed by atoms with E-state index >= 15 is 0 Å². The maximum atomic E-state index is 12.4. The molecule has 3 rings (SSSR count). The Labute approximate surface area is 162 Å². The number of thioether (sulfide) groups is 1. The van der Waals surface area contributed by atoms with Crippen molar-refractivity contribution < 1.29 is 4.79 Å².